The standard InChI is InChI=1S/C29H41N3O3/c33-27-26-18-9-17-25(19-21-30(27)20-7-6-12-22-10-2-1-3-11-22)32(26)29(35)28(34)31-23-13-4-5-14-24(31)16-8-15-23/h1-3,10-11,23-26H,4-9,12-21H2. The molecule has 0 aliphatic carbocycles. The summed E-state index contributed by atoms with van der Waals surface area (Å²) in [6, 6.07) is 10.4. The van der Waals surface area contributed by atoms with Crippen LogP contribution in [0.5, 0.6) is 0 Å². The number of nitrogens with zero attached hydrogens (tertiary/aromatic N) is 3. The molecule has 4 heterocycles. The van der Waals surface area contributed by atoms with Gasteiger partial charge in [0.2, 0.25) is 5.91 Å². The molecule has 4 fully saturated rings. The van der Waals surface area contributed by atoms with Crippen molar-refractivity contribution in [1.29, 1.82) is 0 Å². The molecule has 6 nitrogen and oxygen atoms in total. The second-order valence-corrected chi connectivity index (χ2v) is 11.1. The van der Waals surface area contributed by atoms with Crippen LogP contribution in [0.2, 0.25) is 0 Å². The quantitative estimate of drug-likeness (QED) is 0.467. The van der Waals surface area contributed by atoms with Crippen molar-refractivity contribution in [2.75, 3.05) is 13.1 Å². The Morgan fingerprint density at radius 3 is 2.03 bits per heavy atom. The molecule has 0 saturated carbocycles. The van der Waals surface area contributed by atoms with Crippen molar-refractivity contribution in [2.24, 2.45) is 0 Å². The molecule has 4 bridgehead atoms. The molecule has 1 aromatic carbocycles. The third-order valence-corrected chi connectivity index (χ3v) is 8.90. The minimum atomic E-state index is -0.464. The fourth-order valence-electron chi connectivity index (χ4n) is 7.08. The Morgan fingerprint density at radius 2 is 1.31 bits per heavy atom. The van der Waals surface area contributed by atoms with E-state index in [1.807, 2.05) is 15.9 Å². The van der Waals surface area contributed by atoms with E-state index in [9.17, 15) is 14.4 Å². The molecular formula is C29H41N3O3. The number of fused-ring (bicyclic) bond motifs is 4. The molecule has 4 aliphatic rings. The van der Waals surface area contributed by atoms with E-state index < -0.39 is 11.9 Å². The number of unbranched alkanes of at least 4 members (excludes halogenated alkanes) is 1. The van der Waals surface area contributed by atoms with Crippen molar-refractivity contribution in [3.63, 3.8) is 0 Å². The Bertz CT molecular complexity index is 890. The highest BCUT2D eigenvalue weighted by Gasteiger charge is 2.47. The highest BCUT2D eigenvalue weighted by Crippen LogP contribution is 2.35. The van der Waals surface area contributed by atoms with Crippen molar-refractivity contribution >= 4 is 17.7 Å². The van der Waals surface area contributed by atoms with E-state index in [2.05, 4.69) is 24.3 Å². The van der Waals surface area contributed by atoms with Gasteiger partial charge >= 0.3 is 11.8 Å². The average Bonchev–Trinajstić information content (AvgIpc) is 3.05. The molecule has 0 aromatic heterocycles. The lowest BCUT2D eigenvalue weighted by Crippen LogP contribution is -2.60. The van der Waals surface area contributed by atoms with Gasteiger partial charge in [0.05, 0.1) is 0 Å². The smallest absolute Gasteiger partial charge is 0.313 e. The van der Waals surface area contributed by atoms with Gasteiger partial charge in [0.25, 0.3) is 0 Å². The van der Waals surface area contributed by atoms with E-state index in [-0.39, 0.29) is 29.9 Å². The molecule has 6 heteroatoms. The number of aryl methyl sites for hydroxylation is 1. The van der Waals surface area contributed by atoms with E-state index in [4.69, 9.17) is 0 Å². The third-order valence-electron chi connectivity index (χ3n) is 8.90. The van der Waals surface area contributed by atoms with E-state index in [1.54, 1.807) is 4.90 Å². The molecule has 4 unspecified atom stereocenters. The van der Waals surface area contributed by atoms with Crippen LogP contribution in [0.1, 0.15) is 89.0 Å². The van der Waals surface area contributed by atoms with Crippen molar-refractivity contribution in [2.45, 2.75) is 114 Å². The highest BCUT2D eigenvalue weighted by atomic mass is 16.2. The normalized spacial score (nSPS) is 28.9. The average molecular weight is 480 g/mol. The number of piperidine rings is 2. The predicted molar refractivity (Wildman–Crippen MR) is 136 cm³/mol. The topological polar surface area (TPSA) is 60.9 Å². The van der Waals surface area contributed by atoms with Crippen LogP contribution in [0.25, 0.3) is 0 Å². The summed E-state index contributed by atoms with van der Waals surface area (Å²) in [7, 11) is 0. The number of benzene rings is 1. The van der Waals surface area contributed by atoms with Gasteiger partial charge in [-0.2, -0.15) is 0 Å². The number of hydrogen-bond donors (Lipinski definition) is 0. The largest absolute Gasteiger partial charge is 0.341 e. The zero-order valence-corrected chi connectivity index (χ0v) is 21.1. The van der Waals surface area contributed by atoms with Gasteiger partial charge in [-0.3, -0.25) is 14.4 Å². The van der Waals surface area contributed by atoms with Crippen LogP contribution < -0.4 is 0 Å². The lowest BCUT2D eigenvalue weighted by Gasteiger charge is -2.44. The molecule has 0 radical (unpaired) electrons. The number of carbonyl (C=O) groups excluding carboxylic acids is 3. The summed E-state index contributed by atoms with van der Waals surface area (Å²) < 4.78 is 0. The van der Waals surface area contributed by atoms with E-state index >= 15 is 0 Å². The fraction of sp³-hybridized carbons (Fsp3) is 0.690. The Balaban J connectivity index is 1.24. The molecule has 0 N–H and O–H groups in total. The zero-order chi connectivity index (χ0) is 24.2. The lowest BCUT2D eigenvalue weighted by atomic mass is 9.92. The minimum absolute atomic E-state index is 0.00953. The first-order valence-corrected chi connectivity index (χ1v) is 14.1. The van der Waals surface area contributed by atoms with Gasteiger partial charge in [-0.25, -0.2) is 0 Å². The van der Waals surface area contributed by atoms with Gasteiger partial charge < -0.3 is 14.7 Å². The van der Waals surface area contributed by atoms with Crippen molar-refractivity contribution in [1.82, 2.24) is 14.7 Å². The number of hydrogen-bond acceptors (Lipinski definition) is 3. The minimum Gasteiger partial charge on any atom is -0.341 e. The molecule has 4 aliphatic heterocycles. The molecule has 190 valence electrons. The van der Waals surface area contributed by atoms with E-state index in [0.29, 0.717) is 13.0 Å². The van der Waals surface area contributed by atoms with Crippen LogP contribution in [-0.2, 0) is 20.8 Å². The number of rotatable bonds is 5. The molecule has 4 atom stereocenters. The predicted octanol–water partition coefficient (Wildman–Crippen LogP) is 4.32. The van der Waals surface area contributed by atoms with Gasteiger partial charge in [0.15, 0.2) is 0 Å². The maximum absolute atomic E-state index is 13.7. The van der Waals surface area contributed by atoms with Crippen LogP contribution in [-0.4, -0.2) is 69.7 Å². The summed E-state index contributed by atoms with van der Waals surface area (Å²) in [5.74, 6) is -0.676. The lowest BCUT2D eigenvalue weighted by molar-refractivity contribution is -0.162. The summed E-state index contributed by atoms with van der Waals surface area (Å²) in [4.78, 5) is 46.6. The Hall–Kier alpha value is -2.37. The van der Waals surface area contributed by atoms with Crippen LogP contribution in [0, 0.1) is 0 Å². The maximum Gasteiger partial charge on any atom is 0.313 e. The molecule has 0 spiro atoms. The molecule has 35 heavy (non-hydrogen) atoms. The summed E-state index contributed by atoms with van der Waals surface area (Å²) >= 11 is 0. The van der Waals surface area contributed by atoms with Crippen LogP contribution in [0.3, 0.4) is 0 Å². The van der Waals surface area contributed by atoms with Crippen molar-refractivity contribution < 1.29 is 14.4 Å². The summed E-state index contributed by atoms with van der Waals surface area (Å²) in [5.41, 5.74) is 1.33. The molecule has 1 aromatic rings. The van der Waals surface area contributed by atoms with Crippen LogP contribution in [0.4, 0.5) is 0 Å². The number of carbonyl (C=O) groups is 3. The molecular weight excluding hydrogens is 438 g/mol. The highest BCUT2D eigenvalue weighted by molar-refractivity contribution is 6.35. The van der Waals surface area contributed by atoms with Crippen LogP contribution in [0.15, 0.2) is 30.3 Å². The first-order chi connectivity index (χ1) is 17.1. The Kier molecular flexibility index (Phi) is 7.74. The first-order valence-electron chi connectivity index (χ1n) is 14.1. The van der Waals surface area contributed by atoms with Gasteiger partial charge in [0, 0.05) is 31.2 Å². The maximum atomic E-state index is 13.7. The summed E-state index contributed by atoms with van der Waals surface area (Å²) in [6.45, 7) is 1.43. The van der Waals surface area contributed by atoms with E-state index in [1.165, 1.54) is 5.56 Å². The monoisotopic (exact) mass is 479 g/mol. The van der Waals surface area contributed by atoms with Gasteiger partial charge in [-0.05, 0) is 82.6 Å². The van der Waals surface area contributed by atoms with Gasteiger partial charge in [0.1, 0.15) is 6.04 Å². The Morgan fingerprint density at radius 1 is 0.714 bits per heavy atom. The van der Waals surface area contributed by atoms with Crippen molar-refractivity contribution in [3.05, 3.63) is 35.9 Å². The SMILES string of the molecule is O=C1C2CCCC(CCN1CCCCc1ccccc1)N2C(=O)C(=O)N1C2CCCCC1CCC2. The first kappa shape index (κ1) is 24.3. The van der Waals surface area contributed by atoms with Gasteiger partial charge in [-0.1, -0.05) is 43.2 Å². The summed E-state index contributed by atoms with van der Waals surface area (Å²) in [5, 5.41) is 0. The zero-order valence-electron chi connectivity index (χ0n) is 21.1. The molecule has 5 rings (SSSR count). The fourth-order valence-corrected chi connectivity index (χ4v) is 7.08. The second-order valence-electron chi connectivity index (χ2n) is 11.1. The van der Waals surface area contributed by atoms with E-state index in [0.717, 1.165) is 90.0 Å². The summed E-state index contributed by atoms with van der Waals surface area (Å²) in [6.07, 6.45) is 13.8. The van der Waals surface area contributed by atoms with Gasteiger partial charge in [-0.15, -0.1) is 0 Å². The van der Waals surface area contributed by atoms with Crippen molar-refractivity contribution in [3.8, 4) is 0 Å². The van der Waals surface area contributed by atoms with Crippen LogP contribution >= 0.6 is 0 Å². The molecule has 4 saturated heterocycles. The Labute approximate surface area is 210 Å². The second kappa shape index (κ2) is 11.1. The number of amides is 3. The molecule has 3 amide bonds. The third kappa shape index (κ3) is 5.26.